The van der Waals surface area contributed by atoms with Crippen molar-refractivity contribution in [3.63, 3.8) is 0 Å². The fourth-order valence-electron chi connectivity index (χ4n) is 1.55. The monoisotopic (exact) mass is 305 g/mol. The second-order valence-electron chi connectivity index (χ2n) is 3.62. The number of hydrogen-bond donors (Lipinski definition) is 0. The van der Waals surface area contributed by atoms with Gasteiger partial charge in [-0.3, -0.25) is 10.1 Å². The minimum atomic E-state index is -0.364. The molecule has 1 rings (SSSR count). The summed E-state index contributed by atoms with van der Waals surface area (Å²) in [5, 5.41) is 11.4. The van der Waals surface area contributed by atoms with Crippen LogP contribution in [0.15, 0.2) is 18.2 Å². The summed E-state index contributed by atoms with van der Waals surface area (Å²) >= 11 is 9.36. The Morgan fingerprint density at radius 2 is 2.25 bits per heavy atom. The van der Waals surface area contributed by atoms with E-state index in [0.717, 1.165) is 12.8 Å². The Morgan fingerprint density at radius 1 is 1.56 bits per heavy atom. The van der Waals surface area contributed by atoms with Gasteiger partial charge in [-0.05, 0) is 25.0 Å². The fourth-order valence-corrected chi connectivity index (χ4v) is 2.55. The molecule has 0 spiro atoms. The van der Waals surface area contributed by atoms with Gasteiger partial charge in [0.15, 0.2) is 0 Å². The summed E-state index contributed by atoms with van der Waals surface area (Å²) in [7, 11) is 0. The zero-order valence-electron chi connectivity index (χ0n) is 8.95. The van der Waals surface area contributed by atoms with Gasteiger partial charge < -0.3 is 0 Å². The third-order valence-electron chi connectivity index (χ3n) is 2.28. The smallest absolute Gasteiger partial charge is 0.258 e. The first-order valence-electron chi connectivity index (χ1n) is 5.11. The second kappa shape index (κ2) is 6.21. The topological polar surface area (TPSA) is 43.1 Å². The first-order valence-corrected chi connectivity index (χ1v) is 6.40. The molecule has 0 aliphatic heterocycles. The zero-order valence-corrected chi connectivity index (χ0v) is 11.3. The number of alkyl halides is 1. The van der Waals surface area contributed by atoms with Crippen molar-refractivity contribution in [3.8, 4) is 0 Å². The van der Waals surface area contributed by atoms with Gasteiger partial charge in [0.1, 0.15) is 0 Å². The van der Waals surface area contributed by atoms with E-state index in [-0.39, 0.29) is 15.4 Å². The number of nitrogens with zero attached hydrogens (tertiary/aromatic N) is 1. The number of benzene rings is 1. The minimum absolute atomic E-state index is 0.143. The Morgan fingerprint density at radius 3 is 2.81 bits per heavy atom. The molecule has 0 saturated heterocycles. The van der Waals surface area contributed by atoms with E-state index in [2.05, 4.69) is 22.9 Å². The predicted molar refractivity (Wildman–Crippen MR) is 69.4 cm³/mol. The van der Waals surface area contributed by atoms with Crippen LogP contribution in [0.3, 0.4) is 0 Å². The van der Waals surface area contributed by atoms with Crippen LogP contribution >= 0.6 is 27.5 Å². The molecule has 88 valence electrons. The Hall–Kier alpha value is -0.610. The van der Waals surface area contributed by atoms with E-state index >= 15 is 0 Å². The van der Waals surface area contributed by atoms with E-state index in [0.29, 0.717) is 17.0 Å². The van der Waals surface area contributed by atoms with E-state index in [1.165, 1.54) is 6.07 Å². The standard InChI is InChI=1S/C11H13BrClNO2/c1-2-3-9(12)6-8-7-10(13)4-5-11(8)14(15)16/h4-5,7,9H,2-3,6H2,1H3. The van der Waals surface area contributed by atoms with Crippen LogP contribution < -0.4 is 0 Å². The van der Waals surface area contributed by atoms with Gasteiger partial charge in [-0.15, -0.1) is 0 Å². The lowest BCUT2D eigenvalue weighted by Gasteiger charge is -2.08. The van der Waals surface area contributed by atoms with E-state index in [4.69, 9.17) is 11.6 Å². The summed E-state index contributed by atoms with van der Waals surface area (Å²) in [6.07, 6.45) is 2.67. The Labute approximate surface area is 108 Å². The summed E-state index contributed by atoms with van der Waals surface area (Å²) in [6, 6.07) is 4.68. The summed E-state index contributed by atoms with van der Waals surface area (Å²) < 4.78 is 0. The first-order chi connectivity index (χ1) is 7.54. The maximum Gasteiger partial charge on any atom is 0.272 e. The van der Waals surface area contributed by atoms with Gasteiger partial charge in [-0.2, -0.15) is 0 Å². The summed E-state index contributed by atoms with van der Waals surface area (Å²) in [5.41, 5.74) is 0.831. The number of nitro groups is 1. The van der Waals surface area contributed by atoms with Gasteiger partial charge in [-0.25, -0.2) is 0 Å². The maximum absolute atomic E-state index is 10.8. The number of hydrogen-bond acceptors (Lipinski definition) is 2. The normalized spacial score (nSPS) is 12.4. The molecule has 0 bridgehead atoms. The molecule has 0 amide bonds. The lowest BCUT2D eigenvalue weighted by atomic mass is 10.1. The van der Waals surface area contributed by atoms with Crippen molar-refractivity contribution in [1.29, 1.82) is 0 Å². The van der Waals surface area contributed by atoms with E-state index in [1.807, 2.05) is 0 Å². The summed E-state index contributed by atoms with van der Waals surface area (Å²) in [4.78, 5) is 10.7. The maximum atomic E-state index is 10.8. The SMILES string of the molecule is CCCC(Br)Cc1cc(Cl)ccc1[N+](=O)[O-]. The van der Waals surface area contributed by atoms with Crippen molar-refractivity contribution in [3.05, 3.63) is 38.9 Å². The van der Waals surface area contributed by atoms with Gasteiger partial charge >= 0.3 is 0 Å². The summed E-state index contributed by atoms with van der Waals surface area (Å²) in [5.74, 6) is 0. The van der Waals surface area contributed by atoms with E-state index in [9.17, 15) is 10.1 Å². The van der Waals surface area contributed by atoms with Crippen molar-refractivity contribution in [2.24, 2.45) is 0 Å². The third kappa shape index (κ3) is 3.76. The molecule has 5 heteroatoms. The largest absolute Gasteiger partial charge is 0.272 e. The van der Waals surface area contributed by atoms with Crippen LogP contribution in [0.4, 0.5) is 5.69 Å². The highest BCUT2D eigenvalue weighted by atomic mass is 79.9. The molecular weight excluding hydrogens is 293 g/mol. The zero-order chi connectivity index (χ0) is 12.1. The van der Waals surface area contributed by atoms with Gasteiger partial charge in [0.2, 0.25) is 0 Å². The number of nitro benzene ring substituents is 1. The predicted octanol–water partition coefficient (Wildman–Crippen LogP) is 4.35. The molecule has 0 radical (unpaired) electrons. The quantitative estimate of drug-likeness (QED) is 0.461. The first kappa shape index (κ1) is 13.5. The van der Waals surface area contributed by atoms with Gasteiger partial charge in [-0.1, -0.05) is 40.9 Å². The molecule has 0 heterocycles. The lowest BCUT2D eigenvalue weighted by Crippen LogP contribution is -2.05. The minimum Gasteiger partial charge on any atom is -0.258 e. The molecule has 0 aliphatic rings. The molecule has 0 N–H and O–H groups in total. The van der Waals surface area contributed by atoms with Gasteiger partial charge in [0, 0.05) is 21.5 Å². The Kier molecular flexibility index (Phi) is 5.22. The summed E-state index contributed by atoms with van der Waals surface area (Å²) in [6.45, 7) is 2.08. The van der Waals surface area contributed by atoms with Crippen molar-refractivity contribution in [2.75, 3.05) is 0 Å². The molecule has 1 atom stereocenters. The highest BCUT2D eigenvalue weighted by molar-refractivity contribution is 9.09. The molecule has 16 heavy (non-hydrogen) atoms. The molecule has 1 unspecified atom stereocenters. The molecule has 0 fully saturated rings. The molecule has 1 aromatic rings. The molecule has 1 aromatic carbocycles. The van der Waals surface area contributed by atoms with Crippen LogP contribution in [0.2, 0.25) is 5.02 Å². The highest BCUT2D eigenvalue weighted by Crippen LogP contribution is 2.26. The van der Waals surface area contributed by atoms with Crippen molar-refractivity contribution in [2.45, 2.75) is 31.0 Å². The molecular formula is C11H13BrClNO2. The number of halogens is 2. The average Bonchev–Trinajstić information content (AvgIpc) is 2.17. The fraction of sp³-hybridized carbons (Fsp3) is 0.455. The lowest BCUT2D eigenvalue weighted by molar-refractivity contribution is -0.385. The van der Waals surface area contributed by atoms with Crippen LogP contribution in [0.25, 0.3) is 0 Å². The number of rotatable bonds is 5. The van der Waals surface area contributed by atoms with Crippen molar-refractivity contribution < 1.29 is 4.92 Å². The van der Waals surface area contributed by atoms with E-state index in [1.54, 1.807) is 12.1 Å². The Balaban J connectivity index is 2.92. The average molecular weight is 307 g/mol. The van der Waals surface area contributed by atoms with E-state index < -0.39 is 0 Å². The van der Waals surface area contributed by atoms with Crippen LogP contribution in [-0.2, 0) is 6.42 Å². The van der Waals surface area contributed by atoms with Crippen LogP contribution in [0.1, 0.15) is 25.3 Å². The van der Waals surface area contributed by atoms with Gasteiger partial charge in [0.05, 0.1) is 4.92 Å². The highest BCUT2D eigenvalue weighted by Gasteiger charge is 2.16. The van der Waals surface area contributed by atoms with Crippen molar-refractivity contribution >= 4 is 33.2 Å². The molecule has 0 saturated carbocycles. The third-order valence-corrected chi connectivity index (χ3v) is 3.30. The Bertz CT molecular complexity index is 384. The second-order valence-corrected chi connectivity index (χ2v) is 5.35. The van der Waals surface area contributed by atoms with Gasteiger partial charge in [0.25, 0.3) is 5.69 Å². The van der Waals surface area contributed by atoms with Crippen LogP contribution in [-0.4, -0.2) is 9.75 Å². The van der Waals surface area contributed by atoms with Crippen LogP contribution in [0.5, 0.6) is 0 Å². The molecule has 0 aromatic heterocycles. The van der Waals surface area contributed by atoms with Crippen molar-refractivity contribution in [1.82, 2.24) is 0 Å². The molecule has 0 aliphatic carbocycles. The molecule has 3 nitrogen and oxygen atoms in total. The van der Waals surface area contributed by atoms with Crippen LogP contribution in [0, 0.1) is 10.1 Å².